The van der Waals surface area contributed by atoms with Crippen LogP contribution in [0.1, 0.15) is 32.2 Å². The van der Waals surface area contributed by atoms with Crippen molar-refractivity contribution in [2.24, 2.45) is 0 Å². The third-order valence-corrected chi connectivity index (χ3v) is 3.30. The zero-order chi connectivity index (χ0) is 17.0. The topological polar surface area (TPSA) is 75.0 Å². The second-order valence-corrected chi connectivity index (χ2v) is 4.89. The van der Waals surface area contributed by atoms with Crippen LogP contribution in [0.3, 0.4) is 0 Å². The van der Waals surface area contributed by atoms with Gasteiger partial charge in [0.25, 0.3) is 0 Å². The number of furan rings is 1. The second-order valence-electron chi connectivity index (χ2n) is 4.89. The third-order valence-electron chi connectivity index (χ3n) is 3.30. The Hall–Kier alpha value is -2.76. The first-order valence-corrected chi connectivity index (χ1v) is 6.95. The molecule has 0 fully saturated rings. The van der Waals surface area contributed by atoms with Gasteiger partial charge in [-0.2, -0.15) is 0 Å². The molecule has 0 bridgehead atoms. The molecule has 0 amide bonds. The number of Topliss-reactive ketones (excluding diaryl/α,β-unsaturated/α-hetero) is 1. The molecule has 0 atom stereocenters. The van der Waals surface area contributed by atoms with Crippen molar-refractivity contribution >= 4 is 11.8 Å². The van der Waals surface area contributed by atoms with Crippen molar-refractivity contribution in [3.8, 4) is 11.5 Å². The molecule has 2 aromatic rings. The number of ether oxygens (including phenoxy) is 3. The first-order chi connectivity index (χ1) is 11.0. The normalized spacial score (nSPS) is 10.3. The maximum atomic E-state index is 12.3. The van der Waals surface area contributed by atoms with Crippen LogP contribution in [0.25, 0.3) is 0 Å². The molecule has 122 valence electrons. The van der Waals surface area contributed by atoms with Gasteiger partial charge in [-0.15, -0.1) is 0 Å². The van der Waals surface area contributed by atoms with Gasteiger partial charge in [-0.05, 0) is 38.1 Å². The lowest BCUT2D eigenvalue weighted by atomic mass is 10.1. The van der Waals surface area contributed by atoms with Crippen molar-refractivity contribution in [2.75, 3.05) is 20.8 Å². The minimum absolute atomic E-state index is 0.291. The van der Waals surface area contributed by atoms with Gasteiger partial charge in [-0.25, -0.2) is 4.79 Å². The van der Waals surface area contributed by atoms with Gasteiger partial charge in [0.15, 0.2) is 6.61 Å². The minimum atomic E-state index is -0.602. The number of ketones is 1. The van der Waals surface area contributed by atoms with E-state index in [2.05, 4.69) is 0 Å². The summed E-state index contributed by atoms with van der Waals surface area (Å²) in [6.45, 7) is 3.00. The van der Waals surface area contributed by atoms with E-state index in [1.54, 1.807) is 38.1 Å². The average Bonchev–Trinajstić information content (AvgIpc) is 2.90. The molecule has 0 saturated heterocycles. The Morgan fingerprint density at radius 2 is 1.78 bits per heavy atom. The van der Waals surface area contributed by atoms with E-state index in [-0.39, 0.29) is 5.78 Å². The molecular weight excluding hydrogens is 300 g/mol. The van der Waals surface area contributed by atoms with E-state index in [1.165, 1.54) is 14.2 Å². The van der Waals surface area contributed by atoms with E-state index in [0.717, 1.165) is 0 Å². The van der Waals surface area contributed by atoms with Crippen molar-refractivity contribution in [3.63, 3.8) is 0 Å². The first-order valence-electron chi connectivity index (χ1n) is 6.95. The molecule has 6 heteroatoms. The van der Waals surface area contributed by atoms with Crippen LogP contribution in [0, 0.1) is 13.8 Å². The number of carbonyl (C=O) groups is 2. The molecule has 0 aliphatic rings. The molecule has 1 heterocycles. The summed E-state index contributed by atoms with van der Waals surface area (Å²) in [7, 11) is 2.96. The molecule has 1 aromatic heterocycles. The number of rotatable bonds is 6. The van der Waals surface area contributed by atoms with E-state index in [4.69, 9.17) is 18.6 Å². The molecule has 1 aromatic carbocycles. The molecule has 0 aliphatic heterocycles. The van der Waals surface area contributed by atoms with Crippen LogP contribution in [0.4, 0.5) is 0 Å². The number of hydrogen-bond acceptors (Lipinski definition) is 6. The maximum absolute atomic E-state index is 12.3. The summed E-state index contributed by atoms with van der Waals surface area (Å²) in [4.78, 5) is 24.3. The number of esters is 1. The summed E-state index contributed by atoms with van der Waals surface area (Å²) in [5.41, 5.74) is 0.604. The summed E-state index contributed by atoms with van der Waals surface area (Å²) in [6, 6.07) is 6.42. The van der Waals surface area contributed by atoms with Gasteiger partial charge in [0.2, 0.25) is 5.78 Å². The first kappa shape index (κ1) is 16.6. The van der Waals surface area contributed by atoms with Gasteiger partial charge >= 0.3 is 5.97 Å². The molecule has 0 saturated carbocycles. The van der Waals surface area contributed by atoms with Crippen molar-refractivity contribution in [2.45, 2.75) is 13.8 Å². The van der Waals surface area contributed by atoms with Gasteiger partial charge in [-0.1, -0.05) is 0 Å². The summed E-state index contributed by atoms with van der Waals surface area (Å²) >= 11 is 0. The summed E-state index contributed by atoms with van der Waals surface area (Å²) in [5.74, 6) is 0.986. The van der Waals surface area contributed by atoms with E-state index >= 15 is 0 Å². The van der Waals surface area contributed by atoms with Crippen LogP contribution in [0.2, 0.25) is 0 Å². The minimum Gasteiger partial charge on any atom is -0.497 e. The number of methoxy groups -OCH3 is 2. The lowest BCUT2D eigenvalue weighted by molar-refractivity contribution is 0.0472. The third kappa shape index (κ3) is 3.71. The summed E-state index contributed by atoms with van der Waals surface area (Å²) in [5, 5.41) is 0. The molecule has 2 rings (SSSR count). The molecule has 0 N–H and O–H groups in total. The highest BCUT2D eigenvalue weighted by atomic mass is 16.5. The second kappa shape index (κ2) is 7.00. The van der Waals surface area contributed by atoms with Crippen LogP contribution in [0.15, 0.2) is 28.7 Å². The summed E-state index contributed by atoms with van der Waals surface area (Å²) in [6.07, 6.45) is 0. The molecular formula is C17H18O6. The standard InChI is InChI=1S/C17H18O6/c1-10-7-13(11(2)23-10)17(19)22-9-15(18)14-8-12(20-3)5-6-16(14)21-4/h5-8H,9H2,1-4H3. The lowest BCUT2D eigenvalue weighted by Gasteiger charge is -2.10. The maximum Gasteiger partial charge on any atom is 0.342 e. The van der Waals surface area contributed by atoms with Crippen molar-refractivity contribution in [3.05, 3.63) is 46.9 Å². The zero-order valence-electron chi connectivity index (χ0n) is 13.5. The smallest absolute Gasteiger partial charge is 0.342 e. The molecule has 0 unspecified atom stereocenters. The fraction of sp³-hybridized carbons (Fsp3) is 0.294. The number of benzene rings is 1. The van der Waals surface area contributed by atoms with Crippen molar-refractivity contribution in [1.29, 1.82) is 0 Å². The fourth-order valence-electron chi connectivity index (χ4n) is 2.15. The number of hydrogen-bond donors (Lipinski definition) is 0. The Kier molecular flexibility index (Phi) is 5.05. The molecule has 23 heavy (non-hydrogen) atoms. The predicted octanol–water partition coefficient (Wildman–Crippen LogP) is 2.95. The van der Waals surface area contributed by atoms with E-state index < -0.39 is 12.6 Å². The highest BCUT2D eigenvalue weighted by Crippen LogP contribution is 2.24. The Balaban J connectivity index is 2.10. The number of carbonyl (C=O) groups excluding carboxylic acids is 2. The van der Waals surface area contributed by atoms with Crippen LogP contribution in [-0.2, 0) is 4.74 Å². The van der Waals surface area contributed by atoms with Gasteiger partial charge < -0.3 is 18.6 Å². The Bertz CT molecular complexity index is 729. The van der Waals surface area contributed by atoms with Crippen molar-refractivity contribution in [1.82, 2.24) is 0 Å². The van der Waals surface area contributed by atoms with Gasteiger partial charge in [0.1, 0.15) is 28.6 Å². The van der Waals surface area contributed by atoms with E-state index in [1.807, 2.05) is 0 Å². The van der Waals surface area contributed by atoms with Crippen LogP contribution < -0.4 is 9.47 Å². The molecule has 0 spiro atoms. The Morgan fingerprint density at radius 1 is 1.04 bits per heavy atom. The SMILES string of the molecule is COc1ccc(OC)c(C(=O)COC(=O)c2cc(C)oc2C)c1. The Morgan fingerprint density at radius 3 is 2.35 bits per heavy atom. The van der Waals surface area contributed by atoms with Crippen LogP contribution >= 0.6 is 0 Å². The quantitative estimate of drug-likeness (QED) is 0.602. The van der Waals surface area contributed by atoms with E-state index in [0.29, 0.717) is 34.1 Å². The molecule has 0 aliphatic carbocycles. The van der Waals surface area contributed by atoms with Crippen LogP contribution in [-0.4, -0.2) is 32.6 Å². The molecule has 0 radical (unpaired) electrons. The summed E-state index contributed by atoms with van der Waals surface area (Å²) < 4.78 is 20.6. The lowest BCUT2D eigenvalue weighted by Crippen LogP contribution is -2.15. The fourth-order valence-corrected chi connectivity index (χ4v) is 2.15. The average molecular weight is 318 g/mol. The van der Waals surface area contributed by atoms with Crippen LogP contribution in [0.5, 0.6) is 11.5 Å². The molecule has 6 nitrogen and oxygen atoms in total. The largest absolute Gasteiger partial charge is 0.497 e. The zero-order valence-corrected chi connectivity index (χ0v) is 13.5. The Labute approximate surface area is 134 Å². The monoisotopic (exact) mass is 318 g/mol. The highest BCUT2D eigenvalue weighted by Gasteiger charge is 2.19. The number of aryl methyl sites for hydroxylation is 2. The van der Waals surface area contributed by atoms with Crippen molar-refractivity contribution < 1.29 is 28.2 Å². The van der Waals surface area contributed by atoms with E-state index in [9.17, 15) is 9.59 Å². The van der Waals surface area contributed by atoms with Gasteiger partial charge in [-0.3, -0.25) is 4.79 Å². The van der Waals surface area contributed by atoms with Gasteiger partial charge in [0, 0.05) is 0 Å². The van der Waals surface area contributed by atoms with Gasteiger partial charge in [0.05, 0.1) is 19.8 Å². The highest BCUT2D eigenvalue weighted by molar-refractivity contribution is 6.01. The predicted molar refractivity (Wildman–Crippen MR) is 82.3 cm³/mol.